The molecule has 0 bridgehead atoms. The summed E-state index contributed by atoms with van der Waals surface area (Å²) in [7, 11) is 0. The van der Waals surface area contributed by atoms with Gasteiger partial charge >= 0.3 is 0 Å². The standard InChI is InChI=1S/C13H19N3O3/c1-9(2)19-13-6-11(5-12(7-13)16(17)18)15-10-3-4-14-8-10/h5-7,9-10,14-15H,3-4,8H2,1-2H3. The summed E-state index contributed by atoms with van der Waals surface area (Å²) in [4.78, 5) is 10.5. The molecule has 1 aliphatic rings. The third-order valence-electron chi connectivity index (χ3n) is 2.90. The number of nitro groups is 1. The van der Waals surface area contributed by atoms with Crippen molar-refractivity contribution in [2.75, 3.05) is 18.4 Å². The third kappa shape index (κ3) is 3.82. The maximum absolute atomic E-state index is 10.9. The van der Waals surface area contributed by atoms with Crippen LogP contribution in [-0.2, 0) is 0 Å². The van der Waals surface area contributed by atoms with Crippen LogP contribution in [0.5, 0.6) is 5.75 Å². The van der Waals surface area contributed by atoms with Crippen molar-refractivity contribution in [1.82, 2.24) is 5.32 Å². The number of benzene rings is 1. The van der Waals surface area contributed by atoms with E-state index < -0.39 is 4.92 Å². The predicted octanol–water partition coefficient (Wildman–Crippen LogP) is 2.16. The summed E-state index contributed by atoms with van der Waals surface area (Å²) in [5, 5.41) is 17.5. The lowest BCUT2D eigenvalue weighted by molar-refractivity contribution is -0.384. The fourth-order valence-electron chi connectivity index (χ4n) is 2.13. The third-order valence-corrected chi connectivity index (χ3v) is 2.90. The second kappa shape index (κ2) is 5.88. The highest BCUT2D eigenvalue weighted by Crippen LogP contribution is 2.27. The summed E-state index contributed by atoms with van der Waals surface area (Å²) in [5.74, 6) is 0.526. The number of non-ortho nitro benzene ring substituents is 1. The van der Waals surface area contributed by atoms with Gasteiger partial charge in [-0.2, -0.15) is 0 Å². The number of nitrogens with zero attached hydrogens (tertiary/aromatic N) is 1. The number of anilines is 1. The van der Waals surface area contributed by atoms with Crippen LogP contribution < -0.4 is 15.4 Å². The number of nitrogens with one attached hydrogen (secondary N) is 2. The normalized spacial score (nSPS) is 18.6. The number of nitro benzene ring substituents is 1. The van der Waals surface area contributed by atoms with E-state index in [1.165, 1.54) is 6.07 Å². The Kier molecular flexibility index (Phi) is 4.21. The first-order valence-electron chi connectivity index (χ1n) is 6.48. The molecule has 6 heteroatoms. The van der Waals surface area contributed by atoms with Crippen LogP contribution in [0.3, 0.4) is 0 Å². The minimum Gasteiger partial charge on any atom is -0.491 e. The molecule has 1 atom stereocenters. The Morgan fingerprint density at radius 1 is 1.47 bits per heavy atom. The minimum absolute atomic E-state index is 0.0111. The van der Waals surface area contributed by atoms with Crippen LogP contribution in [0.15, 0.2) is 18.2 Å². The first kappa shape index (κ1) is 13.6. The molecule has 104 valence electrons. The highest BCUT2D eigenvalue weighted by Gasteiger charge is 2.17. The van der Waals surface area contributed by atoms with E-state index in [0.29, 0.717) is 11.8 Å². The number of hydrogen-bond donors (Lipinski definition) is 2. The Bertz CT molecular complexity index is 456. The Morgan fingerprint density at radius 3 is 2.84 bits per heavy atom. The number of ether oxygens (including phenoxy) is 1. The second-order valence-corrected chi connectivity index (χ2v) is 4.97. The van der Waals surface area contributed by atoms with Gasteiger partial charge in [-0.05, 0) is 26.8 Å². The summed E-state index contributed by atoms with van der Waals surface area (Å²) in [6.07, 6.45) is 1.01. The first-order valence-corrected chi connectivity index (χ1v) is 6.48. The molecule has 1 aromatic carbocycles. The average Bonchev–Trinajstić information content (AvgIpc) is 2.80. The van der Waals surface area contributed by atoms with Crippen LogP contribution in [0.4, 0.5) is 11.4 Å². The van der Waals surface area contributed by atoms with Gasteiger partial charge in [-0.1, -0.05) is 0 Å². The molecular formula is C13H19N3O3. The van der Waals surface area contributed by atoms with Gasteiger partial charge in [0.25, 0.3) is 5.69 Å². The smallest absolute Gasteiger partial charge is 0.275 e. The van der Waals surface area contributed by atoms with E-state index in [-0.39, 0.29) is 11.8 Å². The van der Waals surface area contributed by atoms with Crippen molar-refractivity contribution >= 4 is 11.4 Å². The van der Waals surface area contributed by atoms with Gasteiger partial charge in [0, 0.05) is 30.4 Å². The molecule has 19 heavy (non-hydrogen) atoms. The van der Waals surface area contributed by atoms with Crippen LogP contribution in [0, 0.1) is 10.1 Å². The van der Waals surface area contributed by atoms with Crippen molar-refractivity contribution in [3.8, 4) is 5.75 Å². The zero-order chi connectivity index (χ0) is 13.8. The van der Waals surface area contributed by atoms with Gasteiger partial charge in [0.2, 0.25) is 0 Å². The predicted molar refractivity (Wildman–Crippen MR) is 73.8 cm³/mol. The van der Waals surface area contributed by atoms with E-state index in [1.807, 2.05) is 19.9 Å². The molecular weight excluding hydrogens is 246 g/mol. The Labute approximate surface area is 112 Å². The SMILES string of the molecule is CC(C)Oc1cc(NC2CCNC2)cc([N+](=O)[O-])c1. The van der Waals surface area contributed by atoms with Gasteiger partial charge in [0.05, 0.1) is 17.1 Å². The molecule has 0 saturated carbocycles. The Morgan fingerprint density at radius 2 is 2.26 bits per heavy atom. The zero-order valence-corrected chi connectivity index (χ0v) is 11.2. The molecule has 1 unspecified atom stereocenters. The largest absolute Gasteiger partial charge is 0.491 e. The molecule has 1 saturated heterocycles. The van der Waals surface area contributed by atoms with E-state index in [2.05, 4.69) is 10.6 Å². The van der Waals surface area contributed by atoms with Gasteiger partial charge in [0.15, 0.2) is 0 Å². The summed E-state index contributed by atoms with van der Waals surface area (Å²) in [6.45, 7) is 5.64. The monoisotopic (exact) mass is 265 g/mol. The molecule has 2 N–H and O–H groups in total. The second-order valence-electron chi connectivity index (χ2n) is 4.97. The fraction of sp³-hybridized carbons (Fsp3) is 0.538. The van der Waals surface area contributed by atoms with Crippen LogP contribution in [-0.4, -0.2) is 30.2 Å². The quantitative estimate of drug-likeness (QED) is 0.630. The lowest BCUT2D eigenvalue weighted by atomic mass is 10.2. The van der Waals surface area contributed by atoms with Crippen LogP contribution in [0.1, 0.15) is 20.3 Å². The molecule has 1 aliphatic heterocycles. The molecule has 0 aliphatic carbocycles. The Hall–Kier alpha value is -1.82. The minimum atomic E-state index is -0.398. The molecule has 1 fully saturated rings. The van der Waals surface area contributed by atoms with Crippen LogP contribution in [0.25, 0.3) is 0 Å². The molecule has 0 amide bonds. The molecule has 0 radical (unpaired) electrons. The summed E-state index contributed by atoms with van der Waals surface area (Å²) < 4.78 is 5.55. The zero-order valence-electron chi connectivity index (χ0n) is 11.2. The first-order chi connectivity index (χ1) is 9.04. The van der Waals surface area contributed by atoms with E-state index in [4.69, 9.17) is 4.74 Å². The maximum Gasteiger partial charge on any atom is 0.275 e. The average molecular weight is 265 g/mol. The van der Waals surface area contributed by atoms with Crippen LogP contribution in [0.2, 0.25) is 0 Å². The molecule has 0 spiro atoms. The van der Waals surface area contributed by atoms with Crippen LogP contribution >= 0.6 is 0 Å². The summed E-state index contributed by atoms with van der Waals surface area (Å²) >= 11 is 0. The van der Waals surface area contributed by atoms with E-state index in [1.54, 1.807) is 6.07 Å². The number of rotatable bonds is 5. The summed E-state index contributed by atoms with van der Waals surface area (Å²) in [6, 6.07) is 5.13. The van der Waals surface area contributed by atoms with Crippen molar-refractivity contribution < 1.29 is 9.66 Å². The topological polar surface area (TPSA) is 76.4 Å². The molecule has 0 aromatic heterocycles. The van der Waals surface area contributed by atoms with E-state index in [0.717, 1.165) is 25.2 Å². The van der Waals surface area contributed by atoms with Crippen molar-refractivity contribution in [2.24, 2.45) is 0 Å². The fourth-order valence-corrected chi connectivity index (χ4v) is 2.13. The van der Waals surface area contributed by atoms with Gasteiger partial charge in [0.1, 0.15) is 5.75 Å². The van der Waals surface area contributed by atoms with E-state index >= 15 is 0 Å². The van der Waals surface area contributed by atoms with Gasteiger partial charge in [-0.15, -0.1) is 0 Å². The summed E-state index contributed by atoms with van der Waals surface area (Å²) in [5.41, 5.74) is 0.783. The van der Waals surface area contributed by atoms with E-state index in [9.17, 15) is 10.1 Å². The maximum atomic E-state index is 10.9. The highest BCUT2D eigenvalue weighted by atomic mass is 16.6. The van der Waals surface area contributed by atoms with Crippen molar-refractivity contribution in [3.05, 3.63) is 28.3 Å². The van der Waals surface area contributed by atoms with Crippen molar-refractivity contribution in [1.29, 1.82) is 0 Å². The van der Waals surface area contributed by atoms with Crippen molar-refractivity contribution in [2.45, 2.75) is 32.4 Å². The highest BCUT2D eigenvalue weighted by molar-refractivity contribution is 5.57. The lowest BCUT2D eigenvalue weighted by Crippen LogP contribution is -2.22. The van der Waals surface area contributed by atoms with Gasteiger partial charge in [-0.25, -0.2) is 0 Å². The van der Waals surface area contributed by atoms with Gasteiger partial charge < -0.3 is 15.4 Å². The molecule has 2 rings (SSSR count). The Balaban J connectivity index is 2.20. The molecule has 1 aromatic rings. The van der Waals surface area contributed by atoms with Gasteiger partial charge in [-0.3, -0.25) is 10.1 Å². The molecule has 6 nitrogen and oxygen atoms in total. The van der Waals surface area contributed by atoms with Crippen molar-refractivity contribution in [3.63, 3.8) is 0 Å². The molecule has 1 heterocycles. The lowest BCUT2D eigenvalue weighted by Gasteiger charge is -2.15. The number of hydrogen-bond acceptors (Lipinski definition) is 5.